The van der Waals surface area contributed by atoms with Crippen molar-refractivity contribution in [3.05, 3.63) is 156 Å². The molecule has 7 aromatic carbocycles. The Bertz CT molecular complexity index is 2520. The fourth-order valence-electron chi connectivity index (χ4n) is 9.00. The quantitative estimate of drug-likeness (QED) is 0.178. The third-order valence-electron chi connectivity index (χ3n) is 11.6. The van der Waals surface area contributed by atoms with Crippen LogP contribution >= 0.6 is 23.5 Å². The maximum absolute atomic E-state index is 7.07. The van der Waals surface area contributed by atoms with Crippen molar-refractivity contribution in [2.24, 2.45) is 0 Å². The first-order valence-electron chi connectivity index (χ1n) is 17.9. The Morgan fingerprint density at radius 2 is 0.769 bits per heavy atom. The van der Waals surface area contributed by atoms with Crippen molar-refractivity contribution in [2.45, 2.75) is 58.1 Å². The van der Waals surface area contributed by atoms with E-state index in [4.69, 9.17) is 9.47 Å². The van der Waals surface area contributed by atoms with Crippen molar-refractivity contribution in [3.8, 4) is 67.5 Å². The average Bonchev–Trinajstić information content (AvgIpc) is 3.56. The Kier molecular flexibility index (Phi) is 6.26. The lowest BCUT2D eigenvalue weighted by Crippen LogP contribution is -2.15. The van der Waals surface area contributed by atoms with Crippen LogP contribution in [0, 0.1) is 0 Å². The molecule has 250 valence electrons. The first kappa shape index (κ1) is 30.5. The molecule has 11 rings (SSSR count). The molecule has 0 atom stereocenters. The van der Waals surface area contributed by atoms with Crippen molar-refractivity contribution < 1.29 is 9.47 Å². The van der Waals surface area contributed by atoms with Gasteiger partial charge in [0, 0.05) is 33.1 Å². The molecule has 2 nitrogen and oxygen atoms in total. The summed E-state index contributed by atoms with van der Waals surface area (Å²) in [6.45, 7) is 9.28. The molecule has 0 saturated heterocycles. The van der Waals surface area contributed by atoms with Gasteiger partial charge in [0.15, 0.2) is 0 Å². The molecule has 2 aliphatic heterocycles. The van der Waals surface area contributed by atoms with Crippen LogP contribution < -0.4 is 9.47 Å². The van der Waals surface area contributed by atoms with Crippen LogP contribution in [0.3, 0.4) is 0 Å². The zero-order chi connectivity index (χ0) is 34.9. The summed E-state index contributed by atoms with van der Waals surface area (Å²) in [5.41, 5.74) is 14.6. The molecule has 0 radical (unpaired) electrons. The number of hydrogen-bond donors (Lipinski definition) is 0. The standard InChI is InChI=1S/C48H34O2S2/c1-47(2)33-18-7-5-14-31(33)41-35(47)22-24-39-45(41)49-43-29(16-10-20-37(43)51-39)27-12-9-13-28(26-27)30-17-11-21-38-44(30)50-46-40(52-38)25-23-36-42(46)32-15-6-8-19-34(32)48(36,3)4/h5-26H,1-4H3. The topological polar surface area (TPSA) is 18.5 Å². The van der Waals surface area contributed by atoms with Gasteiger partial charge in [-0.1, -0.05) is 154 Å². The van der Waals surface area contributed by atoms with Crippen molar-refractivity contribution in [2.75, 3.05) is 0 Å². The summed E-state index contributed by atoms with van der Waals surface area (Å²) in [6.07, 6.45) is 0. The van der Waals surface area contributed by atoms with Crippen molar-refractivity contribution in [1.29, 1.82) is 0 Å². The van der Waals surface area contributed by atoms with E-state index in [-0.39, 0.29) is 10.8 Å². The van der Waals surface area contributed by atoms with E-state index >= 15 is 0 Å². The molecular formula is C48H34O2S2. The normalized spacial score (nSPS) is 15.8. The number of ether oxygens (including phenoxy) is 2. The Balaban J connectivity index is 1.01. The van der Waals surface area contributed by atoms with Crippen LogP contribution in [0.2, 0.25) is 0 Å². The molecular weight excluding hydrogens is 673 g/mol. The highest BCUT2D eigenvalue weighted by Gasteiger charge is 2.41. The molecule has 2 heterocycles. The molecule has 0 N–H and O–H groups in total. The maximum Gasteiger partial charge on any atom is 0.149 e. The van der Waals surface area contributed by atoms with E-state index in [2.05, 4.69) is 161 Å². The Labute approximate surface area is 312 Å². The highest BCUT2D eigenvalue weighted by atomic mass is 32.2. The molecule has 0 fully saturated rings. The lowest BCUT2D eigenvalue weighted by atomic mass is 9.82. The lowest BCUT2D eigenvalue weighted by molar-refractivity contribution is 0.457. The predicted octanol–water partition coefficient (Wildman–Crippen LogP) is 14.1. The van der Waals surface area contributed by atoms with Gasteiger partial charge in [0.2, 0.25) is 0 Å². The molecule has 0 amide bonds. The lowest BCUT2D eigenvalue weighted by Gasteiger charge is -2.27. The van der Waals surface area contributed by atoms with Gasteiger partial charge < -0.3 is 9.47 Å². The minimum atomic E-state index is -0.0848. The third-order valence-corrected chi connectivity index (χ3v) is 13.8. The molecule has 0 saturated carbocycles. The highest BCUT2D eigenvalue weighted by molar-refractivity contribution is 8.00. The Morgan fingerprint density at radius 1 is 0.365 bits per heavy atom. The number of benzene rings is 7. The second-order valence-electron chi connectivity index (χ2n) is 15.2. The molecule has 52 heavy (non-hydrogen) atoms. The summed E-state index contributed by atoms with van der Waals surface area (Å²) in [7, 11) is 0. The Morgan fingerprint density at radius 3 is 1.25 bits per heavy atom. The van der Waals surface area contributed by atoms with Crippen LogP contribution in [0.4, 0.5) is 0 Å². The summed E-state index contributed by atoms with van der Waals surface area (Å²) < 4.78 is 14.1. The van der Waals surface area contributed by atoms with Gasteiger partial charge in [0.1, 0.15) is 23.0 Å². The zero-order valence-corrected chi connectivity index (χ0v) is 31.0. The van der Waals surface area contributed by atoms with Gasteiger partial charge in [0.25, 0.3) is 0 Å². The fourth-order valence-corrected chi connectivity index (χ4v) is 11.0. The molecule has 0 bridgehead atoms. The molecule has 4 aliphatic rings. The summed E-state index contributed by atoms with van der Waals surface area (Å²) >= 11 is 3.60. The summed E-state index contributed by atoms with van der Waals surface area (Å²) in [5.74, 6) is 3.77. The van der Waals surface area contributed by atoms with Crippen molar-refractivity contribution in [3.63, 3.8) is 0 Å². The summed E-state index contributed by atoms with van der Waals surface area (Å²) in [5, 5.41) is 0. The third kappa shape index (κ3) is 4.11. The number of fused-ring (bicyclic) bond motifs is 12. The number of rotatable bonds is 2. The van der Waals surface area contributed by atoms with Crippen LogP contribution in [0.15, 0.2) is 153 Å². The molecule has 0 spiro atoms. The van der Waals surface area contributed by atoms with Crippen LogP contribution in [0.25, 0.3) is 44.5 Å². The van der Waals surface area contributed by atoms with Crippen molar-refractivity contribution >= 4 is 23.5 Å². The highest BCUT2D eigenvalue weighted by Crippen LogP contribution is 2.61. The van der Waals surface area contributed by atoms with Gasteiger partial charge in [-0.05, 0) is 74.8 Å². The first-order chi connectivity index (χ1) is 25.3. The average molecular weight is 707 g/mol. The molecule has 7 aromatic rings. The molecule has 0 aromatic heterocycles. The summed E-state index contributed by atoms with van der Waals surface area (Å²) in [6, 6.07) is 48.5. The largest absolute Gasteiger partial charge is 0.454 e. The van der Waals surface area contributed by atoms with Crippen LogP contribution in [0.5, 0.6) is 23.0 Å². The maximum atomic E-state index is 7.07. The smallest absolute Gasteiger partial charge is 0.149 e. The van der Waals surface area contributed by atoms with Crippen LogP contribution in [0.1, 0.15) is 49.9 Å². The van der Waals surface area contributed by atoms with E-state index in [0.29, 0.717) is 0 Å². The SMILES string of the molecule is CC1(C)c2ccccc2-c2c1ccc1c2Oc2c(cccc2-c2cccc(-c3cccc4c3Oc3c(ccc5c3-c3ccccc3C5(C)C)S4)c2)S1. The molecule has 2 aliphatic carbocycles. The van der Waals surface area contributed by atoms with Gasteiger partial charge >= 0.3 is 0 Å². The van der Waals surface area contributed by atoms with E-state index in [1.807, 2.05) is 0 Å². The van der Waals surface area contributed by atoms with Gasteiger partial charge in [-0.3, -0.25) is 0 Å². The van der Waals surface area contributed by atoms with Gasteiger partial charge in [-0.25, -0.2) is 0 Å². The van der Waals surface area contributed by atoms with Crippen molar-refractivity contribution in [1.82, 2.24) is 0 Å². The van der Waals surface area contributed by atoms with E-state index in [9.17, 15) is 0 Å². The van der Waals surface area contributed by atoms with Gasteiger partial charge in [0.05, 0.1) is 19.6 Å². The second-order valence-corrected chi connectivity index (χ2v) is 17.4. The minimum absolute atomic E-state index is 0.0848. The minimum Gasteiger partial charge on any atom is -0.454 e. The predicted molar refractivity (Wildman–Crippen MR) is 214 cm³/mol. The molecule has 0 unspecified atom stereocenters. The molecule has 4 heteroatoms. The second kappa shape index (κ2) is 10.7. The zero-order valence-electron chi connectivity index (χ0n) is 29.3. The van der Waals surface area contributed by atoms with Gasteiger partial charge in [-0.2, -0.15) is 0 Å². The summed E-state index contributed by atoms with van der Waals surface area (Å²) in [4.78, 5) is 4.58. The first-order valence-corrected chi connectivity index (χ1v) is 19.6. The van der Waals surface area contributed by atoms with Crippen LogP contribution in [-0.4, -0.2) is 0 Å². The number of hydrogen-bond acceptors (Lipinski definition) is 4. The number of para-hydroxylation sites is 2. The fraction of sp³-hybridized carbons (Fsp3) is 0.125. The van der Waals surface area contributed by atoms with Gasteiger partial charge in [-0.15, -0.1) is 0 Å². The van der Waals surface area contributed by atoms with E-state index in [0.717, 1.165) is 64.8 Å². The van der Waals surface area contributed by atoms with E-state index in [1.165, 1.54) is 44.5 Å². The van der Waals surface area contributed by atoms with E-state index in [1.54, 1.807) is 23.5 Å². The van der Waals surface area contributed by atoms with E-state index < -0.39 is 0 Å². The monoisotopic (exact) mass is 706 g/mol. The van der Waals surface area contributed by atoms with Crippen LogP contribution in [-0.2, 0) is 10.8 Å². The Hall–Kier alpha value is -5.16.